The van der Waals surface area contributed by atoms with Crippen LogP contribution in [0.5, 0.6) is 0 Å². The third-order valence-corrected chi connectivity index (χ3v) is 5.44. The zero-order valence-electron chi connectivity index (χ0n) is 18.0. The fourth-order valence-corrected chi connectivity index (χ4v) is 3.84. The molecular weight excluding hydrogens is 366 g/mol. The van der Waals surface area contributed by atoms with Crippen LogP contribution in [0.1, 0.15) is 55.8 Å². The zero-order chi connectivity index (χ0) is 20.5. The van der Waals surface area contributed by atoms with Gasteiger partial charge in [-0.05, 0) is 44.2 Å². The maximum absolute atomic E-state index is 5.86. The first-order chi connectivity index (χ1) is 14.2. The summed E-state index contributed by atoms with van der Waals surface area (Å²) in [7, 11) is 2.02. The van der Waals surface area contributed by atoms with Crippen molar-refractivity contribution >= 4 is 5.96 Å². The van der Waals surface area contributed by atoms with E-state index in [1.54, 1.807) is 6.26 Å². The lowest BCUT2D eigenvalue weighted by Gasteiger charge is -2.23. The van der Waals surface area contributed by atoms with E-state index >= 15 is 0 Å². The SMILES string of the molecule is CCc1nn(C)c(CC)c1CN=C(NCCc1ccco1)NCC1CCCCO1. The third kappa shape index (κ3) is 6.10. The predicted molar refractivity (Wildman–Crippen MR) is 115 cm³/mol. The highest BCUT2D eigenvalue weighted by molar-refractivity contribution is 5.79. The van der Waals surface area contributed by atoms with E-state index in [4.69, 9.17) is 14.1 Å². The lowest BCUT2D eigenvalue weighted by molar-refractivity contribution is 0.0194. The lowest BCUT2D eigenvalue weighted by Crippen LogP contribution is -2.43. The fraction of sp³-hybridized carbons (Fsp3) is 0.636. The van der Waals surface area contributed by atoms with E-state index in [2.05, 4.69) is 29.6 Å². The number of aromatic nitrogens is 2. The Hall–Kier alpha value is -2.28. The second-order valence-electron chi connectivity index (χ2n) is 7.49. The highest BCUT2D eigenvalue weighted by atomic mass is 16.5. The Morgan fingerprint density at radius 1 is 1.28 bits per heavy atom. The number of rotatable bonds is 9. The first kappa shape index (κ1) is 21.4. The van der Waals surface area contributed by atoms with Crippen LogP contribution in [0.3, 0.4) is 0 Å². The molecule has 1 atom stereocenters. The number of hydrogen-bond acceptors (Lipinski definition) is 4. The van der Waals surface area contributed by atoms with Crippen molar-refractivity contribution in [1.29, 1.82) is 0 Å². The Kier molecular flexibility index (Phi) is 8.16. The Morgan fingerprint density at radius 3 is 2.86 bits per heavy atom. The number of nitrogens with one attached hydrogen (secondary N) is 2. The van der Waals surface area contributed by atoms with Gasteiger partial charge in [-0.15, -0.1) is 0 Å². The van der Waals surface area contributed by atoms with Gasteiger partial charge < -0.3 is 19.8 Å². The summed E-state index contributed by atoms with van der Waals surface area (Å²) in [5.41, 5.74) is 3.65. The molecule has 1 unspecified atom stereocenters. The molecule has 0 aliphatic carbocycles. The van der Waals surface area contributed by atoms with Gasteiger partial charge in [0.25, 0.3) is 0 Å². The highest BCUT2D eigenvalue weighted by Gasteiger charge is 2.16. The largest absolute Gasteiger partial charge is 0.469 e. The second-order valence-corrected chi connectivity index (χ2v) is 7.49. The number of nitrogens with zero attached hydrogens (tertiary/aromatic N) is 3. The van der Waals surface area contributed by atoms with Crippen LogP contribution >= 0.6 is 0 Å². The molecule has 2 aromatic heterocycles. The van der Waals surface area contributed by atoms with Crippen LogP contribution < -0.4 is 10.6 Å². The summed E-state index contributed by atoms with van der Waals surface area (Å²) in [4.78, 5) is 4.88. The van der Waals surface area contributed by atoms with Crippen molar-refractivity contribution in [3.63, 3.8) is 0 Å². The van der Waals surface area contributed by atoms with Gasteiger partial charge in [0.05, 0.1) is 24.6 Å². The zero-order valence-corrected chi connectivity index (χ0v) is 18.0. The van der Waals surface area contributed by atoms with Crippen LogP contribution in [-0.4, -0.2) is 41.5 Å². The van der Waals surface area contributed by atoms with Crippen molar-refractivity contribution in [2.75, 3.05) is 19.7 Å². The van der Waals surface area contributed by atoms with E-state index in [1.165, 1.54) is 24.1 Å². The van der Waals surface area contributed by atoms with E-state index in [1.807, 2.05) is 23.9 Å². The normalized spacial score (nSPS) is 17.5. The maximum Gasteiger partial charge on any atom is 0.191 e. The summed E-state index contributed by atoms with van der Waals surface area (Å²) in [6.45, 7) is 7.35. The minimum Gasteiger partial charge on any atom is -0.469 e. The average molecular weight is 402 g/mol. The molecule has 1 fully saturated rings. The van der Waals surface area contributed by atoms with E-state index in [9.17, 15) is 0 Å². The monoisotopic (exact) mass is 401 g/mol. The molecule has 1 aliphatic heterocycles. The molecule has 29 heavy (non-hydrogen) atoms. The molecule has 0 radical (unpaired) electrons. The van der Waals surface area contributed by atoms with E-state index in [0.29, 0.717) is 6.54 Å². The van der Waals surface area contributed by atoms with Crippen molar-refractivity contribution in [3.8, 4) is 0 Å². The molecular formula is C22H35N5O2. The van der Waals surface area contributed by atoms with Crippen molar-refractivity contribution in [2.45, 2.75) is 65.0 Å². The minimum absolute atomic E-state index is 0.261. The van der Waals surface area contributed by atoms with Gasteiger partial charge in [0.1, 0.15) is 5.76 Å². The van der Waals surface area contributed by atoms with Crippen molar-refractivity contribution < 1.29 is 9.15 Å². The first-order valence-electron chi connectivity index (χ1n) is 10.9. The number of hydrogen-bond donors (Lipinski definition) is 2. The third-order valence-electron chi connectivity index (χ3n) is 5.44. The van der Waals surface area contributed by atoms with Crippen molar-refractivity contribution in [3.05, 3.63) is 41.1 Å². The van der Waals surface area contributed by atoms with Crippen molar-refractivity contribution in [1.82, 2.24) is 20.4 Å². The highest BCUT2D eigenvalue weighted by Crippen LogP contribution is 2.16. The van der Waals surface area contributed by atoms with Gasteiger partial charge in [0.15, 0.2) is 5.96 Å². The van der Waals surface area contributed by atoms with E-state index in [-0.39, 0.29) is 6.10 Å². The minimum atomic E-state index is 0.261. The number of guanidine groups is 1. The quantitative estimate of drug-likeness (QED) is 0.499. The molecule has 160 valence electrons. The van der Waals surface area contributed by atoms with Gasteiger partial charge in [0, 0.05) is 44.4 Å². The molecule has 1 saturated heterocycles. The molecule has 2 aromatic rings. The Morgan fingerprint density at radius 2 is 2.17 bits per heavy atom. The van der Waals surface area contributed by atoms with Crippen molar-refractivity contribution in [2.24, 2.45) is 12.0 Å². The van der Waals surface area contributed by atoms with Gasteiger partial charge in [-0.3, -0.25) is 4.68 Å². The van der Waals surface area contributed by atoms with Gasteiger partial charge >= 0.3 is 0 Å². The van der Waals surface area contributed by atoms with E-state index in [0.717, 1.165) is 62.8 Å². The van der Waals surface area contributed by atoms with Gasteiger partial charge in [-0.1, -0.05) is 13.8 Å². The molecule has 3 heterocycles. The van der Waals surface area contributed by atoms with Gasteiger partial charge in [-0.2, -0.15) is 5.10 Å². The molecule has 3 rings (SSSR count). The summed E-state index contributed by atoms with van der Waals surface area (Å²) in [6, 6.07) is 3.92. The smallest absolute Gasteiger partial charge is 0.191 e. The maximum atomic E-state index is 5.86. The molecule has 0 amide bonds. The Balaban J connectivity index is 1.65. The average Bonchev–Trinajstić information content (AvgIpc) is 3.37. The number of ether oxygens (including phenoxy) is 1. The molecule has 1 aliphatic rings. The summed E-state index contributed by atoms with van der Waals surface area (Å²) in [6.07, 6.45) is 8.18. The molecule has 7 heteroatoms. The standard InChI is InChI=1S/C22H35N5O2/c1-4-20-19(21(5-2)27(3)26-20)16-25-22(23-12-11-17-10-8-14-28-17)24-15-18-9-6-7-13-29-18/h8,10,14,18H,4-7,9,11-13,15-16H2,1-3H3,(H2,23,24,25). The number of furan rings is 1. The van der Waals surface area contributed by atoms with Crippen LogP contribution in [-0.2, 0) is 37.6 Å². The number of aryl methyl sites for hydroxylation is 2. The molecule has 0 saturated carbocycles. The molecule has 7 nitrogen and oxygen atoms in total. The second kappa shape index (κ2) is 11.0. The van der Waals surface area contributed by atoms with Gasteiger partial charge in [-0.25, -0.2) is 4.99 Å². The van der Waals surface area contributed by atoms with Crippen LogP contribution in [0.2, 0.25) is 0 Å². The molecule has 2 N–H and O–H groups in total. The fourth-order valence-electron chi connectivity index (χ4n) is 3.84. The van der Waals surface area contributed by atoms with Crippen LogP contribution in [0.15, 0.2) is 27.8 Å². The Labute approximate surface area is 173 Å². The summed E-state index contributed by atoms with van der Waals surface area (Å²) in [5, 5.41) is 11.6. The van der Waals surface area contributed by atoms with Crippen LogP contribution in [0.4, 0.5) is 0 Å². The molecule has 0 aromatic carbocycles. The lowest BCUT2D eigenvalue weighted by atomic mass is 10.1. The molecule has 0 spiro atoms. The van der Waals surface area contributed by atoms with Gasteiger partial charge in [0.2, 0.25) is 0 Å². The van der Waals surface area contributed by atoms with Crippen LogP contribution in [0, 0.1) is 0 Å². The summed E-state index contributed by atoms with van der Waals surface area (Å²) < 4.78 is 13.3. The number of aliphatic imine (C=N–C) groups is 1. The summed E-state index contributed by atoms with van der Waals surface area (Å²) >= 11 is 0. The first-order valence-corrected chi connectivity index (χ1v) is 10.9. The summed E-state index contributed by atoms with van der Waals surface area (Å²) in [5.74, 6) is 1.79. The van der Waals surface area contributed by atoms with E-state index < -0.39 is 0 Å². The van der Waals surface area contributed by atoms with Crippen LogP contribution in [0.25, 0.3) is 0 Å². The topological polar surface area (TPSA) is 76.6 Å². The molecule has 0 bridgehead atoms. The Bertz CT molecular complexity index is 761. The predicted octanol–water partition coefficient (Wildman–Crippen LogP) is 2.98.